The van der Waals surface area contributed by atoms with Gasteiger partial charge >= 0.3 is 0 Å². The van der Waals surface area contributed by atoms with Crippen LogP contribution in [-0.2, 0) is 9.53 Å². The van der Waals surface area contributed by atoms with Crippen LogP contribution in [0, 0.1) is 5.92 Å². The Labute approximate surface area is 112 Å². The van der Waals surface area contributed by atoms with Crippen molar-refractivity contribution in [1.82, 2.24) is 0 Å². The Morgan fingerprint density at radius 1 is 1.33 bits per heavy atom. The van der Waals surface area contributed by atoms with Crippen molar-refractivity contribution in [2.24, 2.45) is 5.92 Å². The summed E-state index contributed by atoms with van der Waals surface area (Å²) in [5, 5.41) is 3.56. The summed E-state index contributed by atoms with van der Waals surface area (Å²) >= 11 is 5.88. The molecule has 0 heterocycles. The summed E-state index contributed by atoms with van der Waals surface area (Å²) in [6, 6.07) is 7.24. The third-order valence-electron chi connectivity index (χ3n) is 3.47. The van der Waals surface area contributed by atoms with Crippen molar-refractivity contribution in [3.63, 3.8) is 0 Å². The summed E-state index contributed by atoms with van der Waals surface area (Å²) in [6.07, 6.45) is 4.03. The number of benzene rings is 1. The van der Waals surface area contributed by atoms with E-state index in [0.717, 1.165) is 31.4 Å². The van der Waals surface area contributed by atoms with Gasteiger partial charge in [0.2, 0.25) is 5.91 Å². The zero-order valence-corrected chi connectivity index (χ0v) is 11.2. The van der Waals surface area contributed by atoms with Crippen LogP contribution in [0.3, 0.4) is 0 Å². The molecule has 0 aromatic heterocycles. The van der Waals surface area contributed by atoms with Crippen molar-refractivity contribution in [1.29, 1.82) is 0 Å². The van der Waals surface area contributed by atoms with Gasteiger partial charge in [-0.15, -0.1) is 0 Å². The lowest BCUT2D eigenvalue weighted by molar-refractivity contribution is -0.121. The summed E-state index contributed by atoms with van der Waals surface area (Å²) in [5.41, 5.74) is 0.765. The molecule has 0 saturated heterocycles. The molecular weight excluding hydrogens is 250 g/mol. The van der Waals surface area contributed by atoms with Crippen molar-refractivity contribution in [3.05, 3.63) is 29.3 Å². The molecule has 0 spiro atoms. The smallest absolute Gasteiger partial charge is 0.227 e. The van der Waals surface area contributed by atoms with Gasteiger partial charge in [0.25, 0.3) is 0 Å². The van der Waals surface area contributed by atoms with Gasteiger partial charge in [-0.1, -0.05) is 17.7 Å². The highest BCUT2D eigenvalue weighted by atomic mass is 35.5. The minimum atomic E-state index is 0.0896. The molecule has 0 atom stereocenters. The molecule has 0 unspecified atom stereocenters. The number of carbonyl (C=O) groups excluding carboxylic acids is 1. The minimum absolute atomic E-state index is 0.0896. The Hall–Kier alpha value is -1.06. The molecule has 0 bridgehead atoms. The van der Waals surface area contributed by atoms with Crippen molar-refractivity contribution >= 4 is 23.2 Å². The summed E-state index contributed by atoms with van der Waals surface area (Å²) in [5.74, 6) is 0.183. The fraction of sp³-hybridized carbons (Fsp3) is 0.500. The average Bonchev–Trinajstić information content (AvgIpc) is 2.39. The molecule has 4 heteroatoms. The van der Waals surface area contributed by atoms with E-state index in [1.54, 1.807) is 19.2 Å². The van der Waals surface area contributed by atoms with Crippen LogP contribution in [0.4, 0.5) is 5.69 Å². The molecule has 0 radical (unpaired) electrons. The topological polar surface area (TPSA) is 38.3 Å². The Kier molecular flexibility index (Phi) is 4.61. The van der Waals surface area contributed by atoms with Gasteiger partial charge in [0.1, 0.15) is 0 Å². The lowest BCUT2D eigenvalue weighted by Gasteiger charge is -2.26. The van der Waals surface area contributed by atoms with E-state index in [1.807, 2.05) is 12.1 Å². The van der Waals surface area contributed by atoms with Crippen molar-refractivity contribution < 1.29 is 9.53 Å². The number of halogens is 1. The van der Waals surface area contributed by atoms with Gasteiger partial charge in [0, 0.05) is 23.7 Å². The predicted molar refractivity (Wildman–Crippen MR) is 72.8 cm³/mol. The second-order valence-electron chi connectivity index (χ2n) is 4.71. The van der Waals surface area contributed by atoms with E-state index < -0.39 is 0 Å². The van der Waals surface area contributed by atoms with Gasteiger partial charge in [0.05, 0.1) is 6.10 Å². The first kappa shape index (κ1) is 13.4. The Morgan fingerprint density at radius 2 is 2.06 bits per heavy atom. The number of amides is 1. The number of anilines is 1. The number of methoxy groups -OCH3 is 1. The van der Waals surface area contributed by atoms with E-state index in [4.69, 9.17) is 16.3 Å². The second-order valence-corrected chi connectivity index (χ2v) is 5.15. The third-order valence-corrected chi connectivity index (χ3v) is 3.71. The Bertz CT molecular complexity index is 414. The van der Waals surface area contributed by atoms with Gasteiger partial charge in [-0.2, -0.15) is 0 Å². The van der Waals surface area contributed by atoms with Crippen LogP contribution in [0.2, 0.25) is 5.02 Å². The van der Waals surface area contributed by atoms with Crippen LogP contribution in [0.5, 0.6) is 0 Å². The quantitative estimate of drug-likeness (QED) is 0.910. The predicted octanol–water partition coefficient (Wildman–Crippen LogP) is 3.48. The van der Waals surface area contributed by atoms with E-state index in [9.17, 15) is 4.79 Å². The fourth-order valence-electron chi connectivity index (χ4n) is 2.37. The highest BCUT2D eigenvalue weighted by Crippen LogP contribution is 2.27. The maximum absolute atomic E-state index is 12.1. The van der Waals surface area contributed by atoms with E-state index in [-0.39, 0.29) is 11.8 Å². The normalized spacial score (nSPS) is 23.7. The molecule has 1 aromatic carbocycles. The standard InChI is InChI=1S/C14H18ClNO2/c1-18-13-7-5-10(6-8-13)14(17)16-12-4-2-3-11(15)9-12/h2-4,9-10,13H,5-8H2,1H3,(H,16,17). The number of ether oxygens (including phenoxy) is 1. The molecule has 18 heavy (non-hydrogen) atoms. The van der Waals surface area contributed by atoms with Gasteiger partial charge in [0.15, 0.2) is 0 Å². The van der Waals surface area contributed by atoms with Crippen LogP contribution in [-0.4, -0.2) is 19.1 Å². The number of nitrogens with one attached hydrogen (secondary N) is 1. The Balaban J connectivity index is 1.89. The summed E-state index contributed by atoms with van der Waals surface area (Å²) in [6.45, 7) is 0. The first-order valence-corrected chi connectivity index (χ1v) is 6.66. The average molecular weight is 268 g/mol. The molecule has 1 fully saturated rings. The van der Waals surface area contributed by atoms with E-state index in [1.165, 1.54) is 0 Å². The summed E-state index contributed by atoms with van der Waals surface area (Å²) in [4.78, 5) is 12.1. The largest absolute Gasteiger partial charge is 0.381 e. The number of rotatable bonds is 3. The maximum atomic E-state index is 12.1. The number of hydrogen-bond donors (Lipinski definition) is 1. The van der Waals surface area contributed by atoms with Gasteiger partial charge in [-0.25, -0.2) is 0 Å². The van der Waals surface area contributed by atoms with E-state index in [0.29, 0.717) is 11.1 Å². The third kappa shape index (κ3) is 3.47. The summed E-state index contributed by atoms with van der Waals surface area (Å²) < 4.78 is 5.30. The first-order chi connectivity index (χ1) is 8.69. The zero-order chi connectivity index (χ0) is 13.0. The molecule has 1 saturated carbocycles. The molecule has 3 nitrogen and oxygen atoms in total. The lowest BCUT2D eigenvalue weighted by Crippen LogP contribution is -2.29. The molecule has 1 N–H and O–H groups in total. The van der Waals surface area contributed by atoms with E-state index in [2.05, 4.69) is 5.32 Å². The zero-order valence-electron chi connectivity index (χ0n) is 10.5. The minimum Gasteiger partial charge on any atom is -0.381 e. The van der Waals surface area contributed by atoms with Crippen LogP contribution >= 0.6 is 11.6 Å². The van der Waals surface area contributed by atoms with Crippen LogP contribution < -0.4 is 5.32 Å². The SMILES string of the molecule is COC1CCC(C(=O)Nc2cccc(Cl)c2)CC1. The maximum Gasteiger partial charge on any atom is 0.227 e. The highest BCUT2D eigenvalue weighted by Gasteiger charge is 2.26. The van der Waals surface area contributed by atoms with Gasteiger partial charge in [-0.05, 0) is 43.9 Å². The molecular formula is C14H18ClNO2. The lowest BCUT2D eigenvalue weighted by atomic mass is 9.87. The van der Waals surface area contributed by atoms with Gasteiger partial charge in [-0.3, -0.25) is 4.79 Å². The van der Waals surface area contributed by atoms with Crippen LogP contribution in [0.1, 0.15) is 25.7 Å². The molecule has 0 aliphatic heterocycles. The molecule has 1 aliphatic carbocycles. The second kappa shape index (κ2) is 6.21. The van der Waals surface area contributed by atoms with E-state index >= 15 is 0 Å². The van der Waals surface area contributed by atoms with Crippen LogP contribution in [0.25, 0.3) is 0 Å². The Morgan fingerprint density at radius 3 is 2.67 bits per heavy atom. The van der Waals surface area contributed by atoms with Crippen LogP contribution in [0.15, 0.2) is 24.3 Å². The summed E-state index contributed by atoms with van der Waals surface area (Å²) in [7, 11) is 1.73. The molecule has 2 rings (SSSR count). The van der Waals surface area contributed by atoms with Gasteiger partial charge < -0.3 is 10.1 Å². The molecule has 1 aliphatic rings. The van der Waals surface area contributed by atoms with Crippen molar-refractivity contribution in [2.75, 3.05) is 12.4 Å². The highest BCUT2D eigenvalue weighted by molar-refractivity contribution is 6.30. The monoisotopic (exact) mass is 267 g/mol. The van der Waals surface area contributed by atoms with Crippen molar-refractivity contribution in [2.45, 2.75) is 31.8 Å². The van der Waals surface area contributed by atoms with Crippen molar-refractivity contribution in [3.8, 4) is 0 Å². The number of carbonyl (C=O) groups is 1. The fourth-order valence-corrected chi connectivity index (χ4v) is 2.56. The molecule has 1 aromatic rings. The molecule has 98 valence electrons. The first-order valence-electron chi connectivity index (χ1n) is 6.28. The number of hydrogen-bond acceptors (Lipinski definition) is 2. The molecule has 1 amide bonds.